The SMILES string of the molecule is CC(C)(C)OC(=O)N1CCN(Cc2ccc(Cl)nn2)[C@H](C(=O)O)C1. The molecule has 0 aromatic carbocycles. The highest BCUT2D eigenvalue weighted by atomic mass is 35.5. The van der Waals surface area contributed by atoms with Gasteiger partial charge in [-0.1, -0.05) is 11.6 Å². The molecular weight excluding hydrogens is 336 g/mol. The van der Waals surface area contributed by atoms with Gasteiger partial charge in [-0.3, -0.25) is 9.69 Å². The third-order valence-electron chi connectivity index (χ3n) is 3.48. The zero-order valence-electron chi connectivity index (χ0n) is 13.9. The smallest absolute Gasteiger partial charge is 0.410 e. The van der Waals surface area contributed by atoms with Gasteiger partial charge < -0.3 is 14.7 Å². The van der Waals surface area contributed by atoms with Gasteiger partial charge in [0.1, 0.15) is 11.6 Å². The molecule has 0 bridgehead atoms. The van der Waals surface area contributed by atoms with Crippen LogP contribution in [0.5, 0.6) is 0 Å². The van der Waals surface area contributed by atoms with Crippen LogP contribution in [0.1, 0.15) is 26.5 Å². The summed E-state index contributed by atoms with van der Waals surface area (Å²) >= 11 is 5.70. The van der Waals surface area contributed by atoms with Crippen molar-refractivity contribution in [2.45, 2.75) is 39.0 Å². The molecule has 1 N–H and O–H groups in total. The number of rotatable bonds is 3. The summed E-state index contributed by atoms with van der Waals surface area (Å²) in [5, 5.41) is 17.5. The van der Waals surface area contributed by atoms with Crippen LogP contribution in [-0.4, -0.2) is 68.4 Å². The van der Waals surface area contributed by atoms with E-state index < -0.39 is 23.7 Å². The maximum atomic E-state index is 12.1. The topological polar surface area (TPSA) is 95.9 Å². The number of nitrogens with zero attached hydrogens (tertiary/aromatic N) is 4. The predicted molar refractivity (Wildman–Crippen MR) is 86.7 cm³/mol. The molecule has 0 saturated carbocycles. The molecule has 1 aliphatic heterocycles. The summed E-state index contributed by atoms with van der Waals surface area (Å²) in [5.41, 5.74) is 0.00242. The molecule has 1 atom stereocenters. The molecule has 0 radical (unpaired) electrons. The van der Waals surface area contributed by atoms with Crippen molar-refractivity contribution in [2.75, 3.05) is 19.6 Å². The Morgan fingerprint density at radius 2 is 2.04 bits per heavy atom. The highest BCUT2D eigenvalue weighted by Gasteiger charge is 2.36. The molecule has 1 aromatic heterocycles. The van der Waals surface area contributed by atoms with Gasteiger partial charge in [0.15, 0.2) is 5.15 Å². The summed E-state index contributed by atoms with van der Waals surface area (Å²) in [6.45, 7) is 6.49. The van der Waals surface area contributed by atoms with Crippen molar-refractivity contribution in [3.05, 3.63) is 23.0 Å². The molecule has 1 aromatic rings. The second-order valence-corrected chi connectivity index (χ2v) is 6.99. The number of carbonyl (C=O) groups is 2. The minimum Gasteiger partial charge on any atom is -0.480 e. The fourth-order valence-corrected chi connectivity index (χ4v) is 2.47. The quantitative estimate of drug-likeness (QED) is 0.879. The van der Waals surface area contributed by atoms with Crippen LogP contribution in [0.25, 0.3) is 0 Å². The van der Waals surface area contributed by atoms with Crippen molar-refractivity contribution in [3.8, 4) is 0 Å². The van der Waals surface area contributed by atoms with E-state index in [1.54, 1.807) is 37.8 Å². The second kappa shape index (κ2) is 7.31. The highest BCUT2D eigenvalue weighted by molar-refractivity contribution is 6.29. The van der Waals surface area contributed by atoms with Crippen molar-refractivity contribution in [2.24, 2.45) is 0 Å². The summed E-state index contributed by atoms with van der Waals surface area (Å²) in [6.07, 6.45) is -0.500. The molecule has 132 valence electrons. The van der Waals surface area contributed by atoms with Gasteiger partial charge in [-0.05, 0) is 32.9 Å². The Morgan fingerprint density at radius 3 is 2.58 bits per heavy atom. The van der Waals surface area contributed by atoms with E-state index in [2.05, 4.69) is 10.2 Å². The summed E-state index contributed by atoms with van der Waals surface area (Å²) in [7, 11) is 0. The minimum absolute atomic E-state index is 0.0608. The Kier molecular flexibility index (Phi) is 5.61. The lowest BCUT2D eigenvalue weighted by molar-refractivity contribution is -0.145. The van der Waals surface area contributed by atoms with Gasteiger partial charge in [0.05, 0.1) is 12.2 Å². The van der Waals surface area contributed by atoms with Crippen molar-refractivity contribution in [1.29, 1.82) is 0 Å². The maximum Gasteiger partial charge on any atom is 0.410 e. The molecular formula is C15H21ClN4O4. The van der Waals surface area contributed by atoms with E-state index in [0.717, 1.165) is 0 Å². The molecule has 0 unspecified atom stereocenters. The van der Waals surface area contributed by atoms with Crippen LogP contribution in [-0.2, 0) is 16.1 Å². The number of carbonyl (C=O) groups excluding carboxylic acids is 1. The van der Waals surface area contributed by atoms with Gasteiger partial charge in [0.25, 0.3) is 0 Å². The lowest BCUT2D eigenvalue weighted by Crippen LogP contribution is -2.57. The van der Waals surface area contributed by atoms with Crippen LogP contribution >= 0.6 is 11.6 Å². The first-order valence-corrected chi connectivity index (χ1v) is 7.96. The zero-order valence-corrected chi connectivity index (χ0v) is 14.7. The third-order valence-corrected chi connectivity index (χ3v) is 3.68. The average molecular weight is 357 g/mol. The number of halogens is 1. The zero-order chi connectivity index (χ0) is 17.9. The monoisotopic (exact) mass is 356 g/mol. The molecule has 2 rings (SSSR count). The standard InChI is InChI=1S/C15H21ClN4O4/c1-15(2,3)24-14(23)20-7-6-19(11(9-20)13(21)22)8-10-4-5-12(16)18-17-10/h4-5,11H,6-9H2,1-3H3,(H,21,22)/t11-/m0/s1. The number of hydrogen-bond acceptors (Lipinski definition) is 6. The molecule has 24 heavy (non-hydrogen) atoms. The number of aliphatic carboxylic acids is 1. The van der Waals surface area contributed by atoms with Crippen molar-refractivity contribution < 1.29 is 19.4 Å². The molecule has 1 aliphatic rings. The number of amides is 1. The van der Waals surface area contributed by atoms with E-state index in [4.69, 9.17) is 16.3 Å². The number of ether oxygens (including phenoxy) is 1. The van der Waals surface area contributed by atoms with Crippen molar-refractivity contribution in [1.82, 2.24) is 20.0 Å². The summed E-state index contributed by atoms with van der Waals surface area (Å²) < 4.78 is 5.31. The van der Waals surface area contributed by atoms with Crippen molar-refractivity contribution in [3.63, 3.8) is 0 Å². The highest BCUT2D eigenvalue weighted by Crippen LogP contribution is 2.17. The van der Waals surface area contributed by atoms with Gasteiger partial charge in [-0.15, -0.1) is 5.10 Å². The largest absolute Gasteiger partial charge is 0.480 e. The Labute approximate surface area is 145 Å². The van der Waals surface area contributed by atoms with Gasteiger partial charge in [-0.2, -0.15) is 5.10 Å². The number of aromatic nitrogens is 2. The molecule has 1 amide bonds. The summed E-state index contributed by atoms with van der Waals surface area (Å²) in [6, 6.07) is 2.48. The molecule has 0 spiro atoms. The van der Waals surface area contributed by atoms with Crippen LogP contribution in [0.2, 0.25) is 5.15 Å². The van der Waals surface area contributed by atoms with E-state index in [1.165, 1.54) is 4.90 Å². The van der Waals surface area contributed by atoms with Gasteiger partial charge in [0.2, 0.25) is 0 Å². The lowest BCUT2D eigenvalue weighted by atomic mass is 10.1. The normalized spacial score (nSPS) is 19.2. The minimum atomic E-state index is -0.995. The fraction of sp³-hybridized carbons (Fsp3) is 0.600. The molecule has 8 nitrogen and oxygen atoms in total. The van der Waals surface area contributed by atoms with E-state index in [0.29, 0.717) is 25.3 Å². The van der Waals surface area contributed by atoms with Crippen LogP contribution in [0.15, 0.2) is 12.1 Å². The Morgan fingerprint density at radius 1 is 1.33 bits per heavy atom. The molecule has 1 saturated heterocycles. The van der Waals surface area contributed by atoms with Crippen molar-refractivity contribution >= 4 is 23.7 Å². The first-order valence-electron chi connectivity index (χ1n) is 7.58. The molecule has 1 fully saturated rings. The predicted octanol–water partition coefficient (Wildman–Crippen LogP) is 1.64. The van der Waals surface area contributed by atoms with Crippen LogP contribution in [0, 0.1) is 0 Å². The maximum absolute atomic E-state index is 12.1. The Hall–Kier alpha value is -1.93. The van der Waals surface area contributed by atoms with E-state index >= 15 is 0 Å². The van der Waals surface area contributed by atoms with Crippen LogP contribution < -0.4 is 0 Å². The van der Waals surface area contributed by atoms with Gasteiger partial charge >= 0.3 is 12.1 Å². The summed E-state index contributed by atoms with van der Waals surface area (Å²) in [4.78, 5) is 26.9. The number of piperazine rings is 1. The van der Waals surface area contributed by atoms with Gasteiger partial charge in [-0.25, -0.2) is 4.79 Å². The van der Waals surface area contributed by atoms with Crippen LogP contribution in [0.3, 0.4) is 0 Å². The molecule has 0 aliphatic carbocycles. The Bertz CT molecular complexity index is 602. The van der Waals surface area contributed by atoms with E-state index in [-0.39, 0.29) is 11.7 Å². The molecule has 9 heteroatoms. The fourth-order valence-electron chi connectivity index (χ4n) is 2.37. The number of hydrogen-bond donors (Lipinski definition) is 1. The second-order valence-electron chi connectivity index (χ2n) is 6.60. The summed E-state index contributed by atoms with van der Waals surface area (Å²) in [5.74, 6) is -0.995. The average Bonchev–Trinajstić information content (AvgIpc) is 2.48. The Balaban J connectivity index is 2.04. The first-order chi connectivity index (χ1) is 11.2. The molecule has 2 heterocycles. The number of carboxylic acids is 1. The van der Waals surface area contributed by atoms with E-state index in [1.807, 2.05) is 0 Å². The van der Waals surface area contributed by atoms with Crippen LogP contribution in [0.4, 0.5) is 4.79 Å². The lowest BCUT2D eigenvalue weighted by Gasteiger charge is -2.39. The first kappa shape index (κ1) is 18.4. The number of carboxylic acid groups (broad SMARTS) is 1. The van der Waals surface area contributed by atoms with E-state index in [9.17, 15) is 14.7 Å². The third kappa shape index (κ3) is 5.04. The van der Waals surface area contributed by atoms with Gasteiger partial charge in [0, 0.05) is 19.6 Å².